The van der Waals surface area contributed by atoms with Gasteiger partial charge in [-0.15, -0.1) is 0 Å². The highest BCUT2D eigenvalue weighted by atomic mass is 15.1. The largest absolute Gasteiger partial charge is 0.374 e. The van der Waals surface area contributed by atoms with Crippen LogP contribution in [0.1, 0.15) is 28.9 Å². The number of hydrogen-bond acceptors (Lipinski definition) is 4. The molecule has 0 saturated heterocycles. The van der Waals surface area contributed by atoms with Gasteiger partial charge < -0.3 is 14.8 Å². The Kier molecular flexibility index (Phi) is 6.83. The van der Waals surface area contributed by atoms with Crippen LogP contribution in [0.25, 0.3) is 0 Å². The molecule has 144 valence electrons. The quantitative estimate of drug-likeness (QED) is 0.618. The zero-order valence-electron chi connectivity index (χ0n) is 16.6. The normalized spacial score (nSPS) is 10.6. The lowest BCUT2D eigenvalue weighted by atomic mass is 10.1. The summed E-state index contributed by atoms with van der Waals surface area (Å²) in [5.74, 6) is 1.03. The maximum atomic E-state index is 8.70. The number of imidazole rings is 1. The zero-order valence-corrected chi connectivity index (χ0v) is 16.6. The zero-order chi connectivity index (χ0) is 19.8. The number of aryl methyl sites for hydroxylation is 1. The second-order valence-electron chi connectivity index (χ2n) is 7.02. The topological polar surface area (TPSA) is 56.9 Å². The molecule has 0 fully saturated rings. The molecule has 0 bridgehead atoms. The van der Waals surface area contributed by atoms with Crippen LogP contribution in [-0.4, -0.2) is 23.1 Å². The molecule has 0 atom stereocenters. The fourth-order valence-corrected chi connectivity index (χ4v) is 3.17. The molecule has 0 unspecified atom stereocenters. The van der Waals surface area contributed by atoms with Gasteiger partial charge in [-0.05, 0) is 35.7 Å². The van der Waals surface area contributed by atoms with E-state index < -0.39 is 0 Å². The van der Waals surface area contributed by atoms with Gasteiger partial charge in [-0.25, -0.2) is 4.98 Å². The van der Waals surface area contributed by atoms with Crippen molar-refractivity contribution < 1.29 is 0 Å². The summed E-state index contributed by atoms with van der Waals surface area (Å²) in [5.41, 5.74) is 4.96. The van der Waals surface area contributed by atoms with Gasteiger partial charge in [0, 0.05) is 51.3 Å². The minimum atomic E-state index is 0.541. The molecule has 0 amide bonds. The average Bonchev–Trinajstić information content (AvgIpc) is 3.11. The van der Waals surface area contributed by atoms with Crippen molar-refractivity contribution in [1.82, 2.24) is 14.9 Å². The fraction of sp³-hybridized carbons (Fsp3) is 0.304. The lowest BCUT2D eigenvalue weighted by Crippen LogP contribution is -2.18. The molecule has 1 N–H and O–H groups in total. The van der Waals surface area contributed by atoms with Crippen molar-refractivity contribution in [2.24, 2.45) is 0 Å². The number of nitriles is 1. The van der Waals surface area contributed by atoms with Crippen molar-refractivity contribution in [2.75, 3.05) is 18.5 Å². The first-order valence-electron chi connectivity index (χ1n) is 9.59. The molecule has 0 aliphatic carbocycles. The predicted octanol–water partition coefficient (Wildman–Crippen LogP) is 3.88. The number of benzene rings is 2. The highest BCUT2D eigenvalue weighted by molar-refractivity contribution is 5.46. The Hall–Kier alpha value is -3.10. The SMILES string of the molecule is Cc1nccn1Cc1cccc(CNCc2ccc(N(C)CCC#N)cc2)c1. The monoisotopic (exact) mass is 373 g/mol. The molecule has 0 spiro atoms. The van der Waals surface area contributed by atoms with Gasteiger partial charge >= 0.3 is 0 Å². The van der Waals surface area contributed by atoms with Crippen LogP contribution in [0.15, 0.2) is 60.9 Å². The molecule has 5 nitrogen and oxygen atoms in total. The first-order valence-corrected chi connectivity index (χ1v) is 9.59. The number of aromatic nitrogens is 2. The minimum absolute atomic E-state index is 0.541. The van der Waals surface area contributed by atoms with E-state index in [0.717, 1.165) is 37.7 Å². The van der Waals surface area contributed by atoms with Gasteiger partial charge in [-0.1, -0.05) is 36.4 Å². The molecule has 0 aliphatic heterocycles. The summed E-state index contributed by atoms with van der Waals surface area (Å²) in [6, 6.07) is 19.4. The summed E-state index contributed by atoms with van der Waals surface area (Å²) in [7, 11) is 2.02. The molecular formula is C23H27N5. The lowest BCUT2D eigenvalue weighted by Gasteiger charge is -2.18. The number of nitrogens with one attached hydrogen (secondary N) is 1. The van der Waals surface area contributed by atoms with Crippen molar-refractivity contribution in [3.63, 3.8) is 0 Å². The van der Waals surface area contributed by atoms with Crippen molar-refractivity contribution in [3.05, 3.63) is 83.4 Å². The second kappa shape index (κ2) is 9.72. The Labute approximate surface area is 167 Å². The molecule has 5 heteroatoms. The van der Waals surface area contributed by atoms with Crippen LogP contribution in [0.2, 0.25) is 0 Å². The van der Waals surface area contributed by atoms with Gasteiger partial charge in [0.1, 0.15) is 5.82 Å². The van der Waals surface area contributed by atoms with Crippen LogP contribution in [-0.2, 0) is 19.6 Å². The standard InChI is InChI=1S/C23H27N5/c1-19-26-12-14-28(19)18-22-6-3-5-21(15-22)17-25-16-20-7-9-23(10-8-20)27(2)13-4-11-24/h3,5-10,12,14-15,25H,4,13,16-18H2,1-2H3. The molecular weight excluding hydrogens is 346 g/mol. The van der Waals surface area contributed by atoms with Crippen LogP contribution >= 0.6 is 0 Å². The maximum Gasteiger partial charge on any atom is 0.105 e. The van der Waals surface area contributed by atoms with Crippen LogP contribution in [0.5, 0.6) is 0 Å². The summed E-state index contributed by atoms with van der Waals surface area (Å²) in [5, 5.41) is 12.2. The Morgan fingerprint density at radius 3 is 2.54 bits per heavy atom. The molecule has 28 heavy (non-hydrogen) atoms. The Morgan fingerprint density at radius 1 is 1.07 bits per heavy atom. The third-order valence-electron chi connectivity index (χ3n) is 4.86. The Morgan fingerprint density at radius 2 is 1.82 bits per heavy atom. The molecule has 1 heterocycles. The first kappa shape index (κ1) is 19.7. The highest BCUT2D eigenvalue weighted by Crippen LogP contribution is 2.14. The van der Waals surface area contributed by atoms with Gasteiger partial charge in [0.15, 0.2) is 0 Å². The average molecular weight is 374 g/mol. The highest BCUT2D eigenvalue weighted by Gasteiger charge is 2.02. The number of anilines is 1. The third kappa shape index (κ3) is 5.45. The molecule has 0 aliphatic rings. The van der Waals surface area contributed by atoms with E-state index in [1.165, 1.54) is 16.7 Å². The summed E-state index contributed by atoms with van der Waals surface area (Å²) < 4.78 is 2.15. The van der Waals surface area contributed by atoms with Crippen LogP contribution in [0.4, 0.5) is 5.69 Å². The second-order valence-corrected chi connectivity index (χ2v) is 7.02. The molecule has 0 saturated carbocycles. The molecule has 3 rings (SSSR count). The van der Waals surface area contributed by atoms with Crippen molar-refractivity contribution in [2.45, 2.75) is 33.0 Å². The summed E-state index contributed by atoms with van der Waals surface area (Å²) in [6.45, 7) is 5.29. The van der Waals surface area contributed by atoms with E-state index in [9.17, 15) is 0 Å². The Bertz CT molecular complexity index is 921. The Balaban J connectivity index is 1.50. The van der Waals surface area contributed by atoms with Crippen molar-refractivity contribution in [1.29, 1.82) is 5.26 Å². The van der Waals surface area contributed by atoms with Crippen LogP contribution in [0.3, 0.4) is 0 Å². The fourth-order valence-electron chi connectivity index (χ4n) is 3.17. The van der Waals surface area contributed by atoms with E-state index in [4.69, 9.17) is 5.26 Å². The molecule has 3 aromatic rings. The van der Waals surface area contributed by atoms with Crippen LogP contribution < -0.4 is 10.2 Å². The molecule has 0 radical (unpaired) electrons. The van der Waals surface area contributed by atoms with Crippen molar-refractivity contribution in [3.8, 4) is 6.07 Å². The first-order chi connectivity index (χ1) is 13.7. The maximum absolute atomic E-state index is 8.70. The van der Waals surface area contributed by atoms with E-state index in [1.807, 2.05) is 26.4 Å². The van der Waals surface area contributed by atoms with E-state index in [-0.39, 0.29) is 0 Å². The van der Waals surface area contributed by atoms with Gasteiger partial charge in [0.25, 0.3) is 0 Å². The smallest absolute Gasteiger partial charge is 0.105 e. The van der Waals surface area contributed by atoms with Gasteiger partial charge in [-0.2, -0.15) is 5.26 Å². The van der Waals surface area contributed by atoms with E-state index >= 15 is 0 Å². The van der Waals surface area contributed by atoms with Crippen molar-refractivity contribution >= 4 is 5.69 Å². The lowest BCUT2D eigenvalue weighted by molar-refractivity contribution is 0.690. The predicted molar refractivity (Wildman–Crippen MR) is 113 cm³/mol. The van der Waals surface area contributed by atoms with Gasteiger partial charge in [-0.3, -0.25) is 0 Å². The minimum Gasteiger partial charge on any atom is -0.374 e. The number of nitrogens with zero attached hydrogens (tertiary/aromatic N) is 4. The summed E-state index contributed by atoms with van der Waals surface area (Å²) >= 11 is 0. The third-order valence-corrected chi connectivity index (χ3v) is 4.86. The summed E-state index contributed by atoms with van der Waals surface area (Å²) in [4.78, 5) is 6.39. The molecule has 1 aromatic heterocycles. The van der Waals surface area contributed by atoms with E-state index in [0.29, 0.717) is 6.42 Å². The number of rotatable bonds is 9. The number of hydrogen-bond donors (Lipinski definition) is 1. The van der Waals surface area contributed by atoms with Gasteiger partial charge in [0.05, 0.1) is 12.5 Å². The van der Waals surface area contributed by atoms with Crippen LogP contribution in [0, 0.1) is 18.3 Å². The van der Waals surface area contributed by atoms with Gasteiger partial charge in [0.2, 0.25) is 0 Å². The van der Waals surface area contributed by atoms with E-state index in [2.05, 4.69) is 74.4 Å². The van der Waals surface area contributed by atoms with E-state index in [1.54, 1.807) is 0 Å². The summed E-state index contributed by atoms with van der Waals surface area (Å²) in [6.07, 6.45) is 4.40. The molecule has 2 aromatic carbocycles.